The first-order valence-electron chi connectivity index (χ1n) is 9.68. The van der Waals surface area contributed by atoms with Gasteiger partial charge in [-0.1, -0.05) is 11.6 Å². The lowest BCUT2D eigenvalue weighted by Gasteiger charge is -2.13. The van der Waals surface area contributed by atoms with Crippen LogP contribution in [-0.2, 0) is 4.79 Å². The number of hydrogen-bond donors (Lipinski definition) is 2. The SMILES string of the molecule is COc1cc(Cl)ccc1NC(=O)COc1ccc(/C=N/NC(=O)c2ccncc2)cc1OC. The molecule has 10 heteroatoms. The summed E-state index contributed by atoms with van der Waals surface area (Å²) in [6.45, 7) is -0.252. The number of halogens is 1. The molecule has 3 aromatic rings. The van der Waals surface area contributed by atoms with Crippen molar-refractivity contribution in [2.75, 3.05) is 26.1 Å². The van der Waals surface area contributed by atoms with Gasteiger partial charge in [0.15, 0.2) is 18.1 Å². The number of benzene rings is 2. The average molecular weight is 469 g/mol. The second kappa shape index (κ2) is 11.5. The van der Waals surface area contributed by atoms with Crippen LogP contribution in [0.4, 0.5) is 5.69 Å². The van der Waals surface area contributed by atoms with Gasteiger partial charge in [-0.25, -0.2) is 5.43 Å². The number of pyridine rings is 1. The molecule has 9 nitrogen and oxygen atoms in total. The topological polar surface area (TPSA) is 111 Å². The third kappa shape index (κ3) is 6.68. The summed E-state index contributed by atoms with van der Waals surface area (Å²) in [6, 6.07) is 13.1. The molecule has 1 aromatic heterocycles. The number of amides is 2. The molecular weight excluding hydrogens is 448 g/mol. The summed E-state index contributed by atoms with van der Waals surface area (Å²) >= 11 is 5.93. The molecule has 1 heterocycles. The van der Waals surface area contributed by atoms with Crippen molar-refractivity contribution in [1.82, 2.24) is 10.4 Å². The van der Waals surface area contributed by atoms with Crippen molar-refractivity contribution in [3.63, 3.8) is 0 Å². The fraction of sp³-hybridized carbons (Fsp3) is 0.130. The van der Waals surface area contributed by atoms with Gasteiger partial charge in [0.2, 0.25) is 0 Å². The molecule has 0 unspecified atom stereocenters. The van der Waals surface area contributed by atoms with Crippen molar-refractivity contribution in [1.29, 1.82) is 0 Å². The van der Waals surface area contributed by atoms with Gasteiger partial charge in [-0.3, -0.25) is 14.6 Å². The van der Waals surface area contributed by atoms with E-state index in [1.54, 1.807) is 48.5 Å². The van der Waals surface area contributed by atoms with Gasteiger partial charge in [-0.2, -0.15) is 5.10 Å². The van der Waals surface area contributed by atoms with Crippen LogP contribution in [0.2, 0.25) is 5.02 Å². The van der Waals surface area contributed by atoms with E-state index in [2.05, 4.69) is 20.8 Å². The Hall–Kier alpha value is -4.11. The number of aromatic nitrogens is 1. The predicted molar refractivity (Wildman–Crippen MR) is 124 cm³/mol. The van der Waals surface area contributed by atoms with E-state index >= 15 is 0 Å². The molecule has 0 fully saturated rings. The number of nitrogens with zero attached hydrogens (tertiary/aromatic N) is 2. The minimum absolute atomic E-state index is 0.252. The number of nitrogens with one attached hydrogen (secondary N) is 2. The number of carbonyl (C=O) groups is 2. The third-order valence-electron chi connectivity index (χ3n) is 4.31. The number of rotatable bonds is 9. The minimum atomic E-state index is -0.387. The summed E-state index contributed by atoms with van der Waals surface area (Å²) in [5.41, 5.74) is 4.01. The lowest BCUT2D eigenvalue weighted by molar-refractivity contribution is -0.118. The van der Waals surface area contributed by atoms with E-state index in [1.165, 1.54) is 32.8 Å². The first-order chi connectivity index (χ1) is 16.0. The predicted octanol–water partition coefficient (Wildman–Crippen LogP) is 3.53. The van der Waals surface area contributed by atoms with Gasteiger partial charge in [0, 0.05) is 29.0 Å². The first kappa shape index (κ1) is 23.6. The molecule has 0 aliphatic heterocycles. The molecule has 0 saturated carbocycles. The van der Waals surface area contributed by atoms with Gasteiger partial charge < -0.3 is 19.5 Å². The molecule has 2 amide bonds. The minimum Gasteiger partial charge on any atom is -0.495 e. The Morgan fingerprint density at radius 1 is 1.00 bits per heavy atom. The Morgan fingerprint density at radius 3 is 2.48 bits per heavy atom. The molecule has 0 spiro atoms. The number of methoxy groups -OCH3 is 2. The molecule has 3 rings (SSSR count). The maximum absolute atomic E-state index is 12.3. The van der Waals surface area contributed by atoms with Crippen molar-refractivity contribution in [3.8, 4) is 17.2 Å². The number of carbonyl (C=O) groups excluding carboxylic acids is 2. The van der Waals surface area contributed by atoms with Crippen LogP contribution in [0.25, 0.3) is 0 Å². The van der Waals surface area contributed by atoms with E-state index in [0.29, 0.717) is 39.1 Å². The largest absolute Gasteiger partial charge is 0.495 e. The highest BCUT2D eigenvalue weighted by Crippen LogP contribution is 2.29. The van der Waals surface area contributed by atoms with Crippen molar-refractivity contribution in [2.45, 2.75) is 0 Å². The van der Waals surface area contributed by atoms with Crippen LogP contribution < -0.4 is 25.0 Å². The molecule has 0 radical (unpaired) electrons. The van der Waals surface area contributed by atoms with E-state index in [9.17, 15) is 9.59 Å². The van der Waals surface area contributed by atoms with Gasteiger partial charge in [0.05, 0.1) is 26.1 Å². The fourth-order valence-corrected chi connectivity index (χ4v) is 2.88. The monoisotopic (exact) mass is 468 g/mol. The molecule has 33 heavy (non-hydrogen) atoms. The summed E-state index contributed by atoms with van der Waals surface area (Å²) in [5.74, 6) is 0.462. The second-order valence-corrected chi connectivity index (χ2v) is 6.96. The Bertz CT molecular complexity index is 1150. The van der Waals surface area contributed by atoms with Crippen molar-refractivity contribution < 1.29 is 23.8 Å². The number of anilines is 1. The summed E-state index contributed by atoms with van der Waals surface area (Å²) in [4.78, 5) is 28.2. The molecule has 170 valence electrons. The lowest BCUT2D eigenvalue weighted by Crippen LogP contribution is -2.20. The van der Waals surface area contributed by atoms with Crippen LogP contribution in [0.15, 0.2) is 66.0 Å². The first-order valence-corrected chi connectivity index (χ1v) is 10.1. The van der Waals surface area contributed by atoms with E-state index in [1.807, 2.05) is 0 Å². The quantitative estimate of drug-likeness (QED) is 0.367. The molecule has 0 aliphatic carbocycles. The van der Waals surface area contributed by atoms with Crippen molar-refractivity contribution in [2.24, 2.45) is 5.10 Å². The fourth-order valence-electron chi connectivity index (χ4n) is 2.71. The van der Waals surface area contributed by atoms with Crippen LogP contribution in [-0.4, -0.2) is 43.8 Å². The lowest BCUT2D eigenvalue weighted by atomic mass is 10.2. The molecular formula is C23H21ClN4O5. The summed E-state index contributed by atoms with van der Waals surface area (Å²) in [6.07, 6.45) is 4.51. The Balaban J connectivity index is 1.58. The van der Waals surface area contributed by atoms with Crippen LogP contribution in [0, 0.1) is 0 Å². The third-order valence-corrected chi connectivity index (χ3v) is 4.54. The number of hydrazone groups is 1. The average Bonchev–Trinajstić information content (AvgIpc) is 2.84. The Labute approximate surface area is 195 Å². The van der Waals surface area contributed by atoms with Gasteiger partial charge in [-0.05, 0) is 48.0 Å². The normalized spacial score (nSPS) is 10.5. The summed E-state index contributed by atoms with van der Waals surface area (Å²) in [5, 5.41) is 7.14. The maximum Gasteiger partial charge on any atom is 0.271 e. The van der Waals surface area contributed by atoms with Gasteiger partial charge in [0.1, 0.15) is 5.75 Å². The molecule has 0 atom stereocenters. The smallest absolute Gasteiger partial charge is 0.271 e. The van der Waals surface area contributed by atoms with E-state index in [4.69, 9.17) is 25.8 Å². The maximum atomic E-state index is 12.3. The molecule has 0 saturated heterocycles. The van der Waals surface area contributed by atoms with Crippen LogP contribution >= 0.6 is 11.6 Å². The highest BCUT2D eigenvalue weighted by Gasteiger charge is 2.11. The zero-order chi connectivity index (χ0) is 23.6. The Morgan fingerprint density at radius 2 is 1.76 bits per heavy atom. The second-order valence-electron chi connectivity index (χ2n) is 6.53. The van der Waals surface area contributed by atoms with Gasteiger partial charge >= 0.3 is 0 Å². The summed E-state index contributed by atoms with van der Waals surface area (Å²) in [7, 11) is 2.96. The highest BCUT2D eigenvalue weighted by molar-refractivity contribution is 6.30. The number of ether oxygens (including phenoxy) is 3. The van der Waals surface area contributed by atoms with Crippen molar-refractivity contribution in [3.05, 3.63) is 77.1 Å². The highest BCUT2D eigenvalue weighted by atomic mass is 35.5. The number of hydrogen-bond acceptors (Lipinski definition) is 7. The summed E-state index contributed by atoms with van der Waals surface area (Å²) < 4.78 is 16.1. The van der Waals surface area contributed by atoms with Crippen LogP contribution in [0.5, 0.6) is 17.2 Å². The molecule has 2 aromatic carbocycles. The standard InChI is InChI=1S/C23H21ClN4O5/c1-31-20-12-17(24)4-5-18(20)27-22(29)14-33-19-6-3-15(11-21(19)32-2)13-26-28-23(30)16-7-9-25-10-8-16/h3-13H,14H2,1-2H3,(H,27,29)(H,28,30)/b26-13+. The van der Waals surface area contributed by atoms with E-state index in [0.717, 1.165) is 0 Å². The Kier molecular flexibility index (Phi) is 8.20. The molecule has 0 aliphatic rings. The zero-order valence-electron chi connectivity index (χ0n) is 17.9. The van der Waals surface area contributed by atoms with Crippen LogP contribution in [0.3, 0.4) is 0 Å². The van der Waals surface area contributed by atoms with Crippen LogP contribution in [0.1, 0.15) is 15.9 Å². The molecule has 2 N–H and O–H groups in total. The zero-order valence-corrected chi connectivity index (χ0v) is 18.6. The van der Waals surface area contributed by atoms with E-state index in [-0.39, 0.29) is 18.4 Å². The van der Waals surface area contributed by atoms with Crippen molar-refractivity contribution >= 4 is 35.3 Å². The molecule has 0 bridgehead atoms. The van der Waals surface area contributed by atoms with Gasteiger partial charge in [-0.15, -0.1) is 0 Å². The van der Waals surface area contributed by atoms with Gasteiger partial charge in [0.25, 0.3) is 11.8 Å². The van der Waals surface area contributed by atoms with E-state index < -0.39 is 0 Å².